The smallest absolute Gasteiger partial charge is 0.335 e. The molecule has 0 unspecified atom stereocenters. The Morgan fingerprint density at radius 3 is 2.19 bits per heavy atom. The van der Waals surface area contributed by atoms with E-state index in [1.165, 1.54) is 12.1 Å². The number of carboxylic acid groups (broad SMARTS) is 1. The van der Waals surface area contributed by atoms with Gasteiger partial charge in [0.25, 0.3) is 0 Å². The van der Waals surface area contributed by atoms with Crippen LogP contribution in [0.1, 0.15) is 15.9 Å². The Labute approximate surface area is 127 Å². The summed E-state index contributed by atoms with van der Waals surface area (Å²) in [6.07, 6.45) is 0. The minimum absolute atomic E-state index is 0.232. The Hall–Kier alpha value is -2.20. The Balaban J connectivity index is 1.79. The van der Waals surface area contributed by atoms with Gasteiger partial charge in [0, 0.05) is 5.02 Å². The van der Waals surface area contributed by atoms with E-state index in [0.717, 1.165) is 11.3 Å². The molecular weight excluding hydrogens is 292 g/mol. The molecule has 0 bridgehead atoms. The monoisotopic (exact) mass is 306 g/mol. The molecule has 110 valence electrons. The molecule has 2 aromatic carbocycles. The van der Waals surface area contributed by atoms with Crippen molar-refractivity contribution in [1.82, 2.24) is 0 Å². The van der Waals surface area contributed by atoms with Crippen molar-refractivity contribution in [3.05, 3.63) is 58.6 Å². The van der Waals surface area contributed by atoms with Crippen molar-refractivity contribution in [1.29, 1.82) is 0 Å². The average Bonchev–Trinajstić information content (AvgIpc) is 2.47. The highest BCUT2D eigenvalue weighted by molar-refractivity contribution is 6.31. The van der Waals surface area contributed by atoms with E-state index < -0.39 is 5.97 Å². The molecule has 0 fully saturated rings. The molecule has 0 aliphatic heterocycles. The van der Waals surface area contributed by atoms with E-state index in [0.29, 0.717) is 24.0 Å². The summed E-state index contributed by atoms with van der Waals surface area (Å²) in [5.41, 5.74) is 1.19. The number of aromatic carboxylic acids is 1. The third-order valence-electron chi connectivity index (χ3n) is 2.85. The highest BCUT2D eigenvalue weighted by Crippen LogP contribution is 2.21. The first-order valence-electron chi connectivity index (χ1n) is 6.41. The van der Waals surface area contributed by atoms with Crippen LogP contribution in [-0.4, -0.2) is 24.3 Å². The molecule has 0 aromatic heterocycles. The number of carboxylic acids is 1. The number of halogens is 1. The lowest BCUT2D eigenvalue weighted by atomic mass is 10.2. The second-order valence-electron chi connectivity index (χ2n) is 4.44. The molecule has 0 saturated heterocycles. The predicted molar refractivity (Wildman–Crippen MR) is 80.6 cm³/mol. The van der Waals surface area contributed by atoms with Gasteiger partial charge in [-0.2, -0.15) is 0 Å². The molecule has 0 atom stereocenters. The molecule has 0 saturated carbocycles. The van der Waals surface area contributed by atoms with E-state index in [2.05, 4.69) is 0 Å². The zero-order valence-corrected chi connectivity index (χ0v) is 12.3. The number of ether oxygens (including phenoxy) is 2. The van der Waals surface area contributed by atoms with Crippen molar-refractivity contribution >= 4 is 17.6 Å². The molecule has 0 heterocycles. The summed E-state index contributed by atoms with van der Waals surface area (Å²) in [5.74, 6) is 0.389. The van der Waals surface area contributed by atoms with Crippen LogP contribution in [0.3, 0.4) is 0 Å². The lowest BCUT2D eigenvalue weighted by Gasteiger charge is -2.09. The van der Waals surface area contributed by atoms with Crippen molar-refractivity contribution in [2.24, 2.45) is 0 Å². The molecule has 0 aliphatic carbocycles. The van der Waals surface area contributed by atoms with Crippen molar-refractivity contribution in [3.8, 4) is 11.5 Å². The van der Waals surface area contributed by atoms with Crippen LogP contribution in [0.15, 0.2) is 42.5 Å². The summed E-state index contributed by atoms with van der Waals surface area (Å²) >= 11 is 5.93. The molecule has 21 heavy (non-hydrogen) atoms. The Morgan fingerprint density at radius 2 is 1.62 bits per heavy atom. The second kappa shape index (κ2) is 6.99. The van der Waals surface area contributed by atoms with E-state index in [9.17, 15) is 4.79 Å². The second-order valence-corrected chi connectivity index (χ2v) is 4.84. The topological polar surface area (TPSA) is 55.8 Å². The minimum Gasteiger partial charge on any atom is -0.490 e. The summed E-state index contributed by atoms with van der Waals surface area (Å²) < 4.78 is 11.0. The van der Waals surface area contributed by atoms with Crippen LogP contribution >= 0.6 is 11.6 Å². The lowest BCUT2D eigenvalue weighted by molar-refractivity contribution is 0.0697. The molecule has 0 amide bonds. The predicted octanol–water partition coefficient (Wildman–Crippen LogP) is 3.80. The molecular formula is C16H15ClO4. The number of benzene rings is 2. The van der Waals surface area contributed by atoms with Crippen LogP contribution in [0.25, 0.3) is 0 Å². The number of aryl methyl sites for hydroxylation is 1. The van der Waals surface area contributed by atoms with E-state index in [-0.39, 0.29) is 5.56 Å². The van der Waals surface area contributed by atoms with Gasteiger partial charge in [-0.25, -0.2) is 4.79 Å². The fraction of sp³-hybridized carbons (Fsp3) is 0.188. The van der Waals surface area contributed by atoms with Crippen molar-refractivity contribution in [2.75, 3.05) is 13.2 Å². The van der Waals surface area contributed by atoms with Gasteiger partial charge in [-0.15, -0.1) is 0 Å². The van der Waals surface area contributed by atoms with Gasteiger partial charge in [0.05, 0.1) is 5.56 Å². The number of hydrogen-bond donors (Lipinski definition) is 1. The molecule has 1 N–H and O–H groups in total. The van der Waals surface area contributed by atoms with Crippen LogP contribution < -0.4 is 9.47 Å². The van der Waals surface area contributed by atoms with Crippen LogP contribution in [0.4, 0.5) is 0 Å². The van der Waals surface area contributed by atoms with Crippen molar-refractivity contribution in [2.45, 2.75) is 6.92 Å². The maximum Gasteiger partial charge on any atom is 0.335 e. The fourth-order valence-corrected chi connectivity index (χ4v) is 1.84. The zero-order valence-electron chi connectivity index (χ0n) is 11.5. The number of rotatable bonds is 6. The summed E-state index contributed by atoms with van der Waals surface area (Å²) in [6, 6.07) is 11.7. The first-order valence-corrected chi connectivity index (χ1v) is 6.79. The lowest BCUT2D eigenvalue weighted by Crippen LogP contribution is -2.09. The van der Waals surface area contributed by atoms with Gasteiger partial charge in [-0.3, -0.25) is 0 Å². The molecule has 4 nitrogen and oxygen atoms in total. The van der Waals surface area contributed by atoms with Gasteiger partial charge in [-0.1, -0.05) is 11.6 Å². The molecule has 2 rings (SSSR count). The van der Waals surface area contributed by atoms with Crippen LogP contribution in [0.5, 0.6) is 11.5 Å². The third kappa shape index (κ3) is 4.39. The van der Waals surface area contributed by atoms with E-state index in [4.69, 9.17) is 26.2 Å². The van der Waals surface area contributed by atoms with Crippen LogP contribution in [0.2, 0.25) is 5.02 Å². The van der Waals surface area contributed by atoms with Gasteiger partial charge in [0.1, 0.15) is 24.7 Å². The Kier molecular flexibility index (Phi) is 5.06. The molecule has 0 radical (unpaired) electrons. The Morgan fingerprint density at radius 1 is 1.05 bits per heavy atom. The molecule has 5 heteroatoms. The fourth-order valence-electron chi connectivity index (χ4n) is 1.72. The van der Waals surface area contributed by atoms with Crippen LogP contribution in [0, 0.1) is 6.92 Å². The first kappa shape index (κ1) is 15.2. The van der Waals surface area contributed by atoms with Crippen molar-refractivity contribution in [3.63, 3.8) is 0 Å². The summed E-state index contributed by atoms with van der Waals surface area (Å²) in [6.45, 7) is 2.67. The molecule has 2 aromatic rings. The van der Waals surface area contributed by atoms with E-state index >= 15 is 0 Å². The van der Waals surface area contributed by atoms with Gasteiger partial charge in [0.15, 0.2) is 0 Å². The SMILES string of the molecule is Cc1cc(OCCOc2ccc(C(=O)O)cc2)ccc1Cl. The largest absolute Gasteiger partial charge is 0.490 e. The van der Waals surface area contributed by atoms with Crippen molar-refractivity contribution < 1.29 is 19.4 Å². The summed E-state index contributed by atoms with van der Waals surface area (Å²) in [5, 5.41) is 9.49. The highest BCUT2D eigenvalue weighted by Gasteiger charge is 2.02. The van der Waals surface area contributed by atoms with Gasteiger partial charge in [-0.05, 0) is 55.0 Å². The molecule has 0 aliphatic rings. The number of carbonyl (C=O) groups is 1. The first-order chi connectivity index (χ1) is 10.1. The number of hydrogen-bond acceptors (Lipinski definition) is 3. The van der Waals surface area contributed by atoms with Gasteiger partial charge < -0.3 is 14.6 Å². The quantitative estimate of drug-likeness (QED) is 0.825. The maximum absolute atomic E-state index is 10.7. The Bertz CT molecular complexity index is 623. The van der Waals surface area contributed by atoms with Gasteiger partial charge >= 0.3 is 5.97 Å². The average molecular weight is 307 g/mol. The van der Waals surface area contributed by atoms with Gasteiger partial charge in [0.2, 0.25) is 0 Å². The minimum atomic E-state index is -0.956. The maximum atomic E-state index is 10.7. The summed E-state index contributed by atoms with van der Waals surface area (Å²) in [4.78, 5) is 10.7. The highest BCUT2D eigenvalue weighted by atomic mass is 35.5. The normalized spacial score (nSPS) is 10.2. The molecule has 0 spiro atoms. The third-order valence-corrected chi connectivity index (χ3v) is 3.28. The summed E-state index contributed by atoms with van der Waals surface area (Å²) in [7, 11) is 0. The van der Waals surface area contributed by atoms with E-state index in [1.54, 1.807) is 24.3 Å². The standard InChI is InChI=1S/C16H15ClO4/c1-11-10-14(6-7-15(11)17)21-9-8-20-13-4-2-12(3-5-13)16(18)19/h2-7,10H,8-9H2,1H3,(H,18,19). The van der Waals surface area contributed by atoms with E-state index in [1.807, 2.05) is 13.0 Å². The van der Waals surface area contributed by atoms with Crippen LogP contribution in [-0.2, 0) is 0 Å². The zero-order chi connectivity index (χ0) is 15.2.